The van der Waals surface area contributed by atoms with Crippen LogP contribution in [0, 0.1) is 5.92 Å². The van der Waals surface area contributed by atoms with Crippen LogP contribution in [0.2, 0.25) is 0 Å². The maximum Gasteiger partial charge on any atom is 0.193 e. The Morgan fingerprint density at radius 2 is 2.15 bits per heavy atom. The van der Waals surface area contributed by atoms with Gasteiger partial charge in [-0.3, -0.25) is 4.99 Å². The molecule has 3 rings (SSSR count). The SMILES string of the molecule is CCNC(=NCCc1cc2ccccc2o1)N(C)CCOCC1CC1.I. The number of hydrogen-bond donors (Lipinski definition) is 1. The van der Waals surface area contributed by atoms with Crippen molar-refractivity contribution < 1.29 is 9.15 Å². The number of hydrogen-bond acceptors (Lipinski definition) is 3. The van der Waals surface area contributed by atoms with Gasteiger partial charge in [-0.1, -0.05) is 18.2 Å². The summed E-state index contributed by atoms with van der Waals surface area (Å²) in [5.74, 6) is 2.72. The Balaban J connectivity index is 0.00000243. The number of para-hydroxylation sites is 1. The molecule has 0 atom stereocenters. The van der Waals surface area contributed by atoms with E-state index in [0.29, 0.717) is 6.54 Å². The van der Waals surface area contributed by atoms with Gasteiger partial charge in [-0.25, -0.2) is 0 Å². The molecule has 1 fully saturated rings. The van der Waals surface area contributed by atoms with E-state index >= 15 is 0 Å². The van der Waals surface area contributed by atoms with Gasteiger partial charge in [0.2, 0.25) is 0 Å². The lowest BCUT2D eigenvalue weighted by Gasteiger charge is -2.22. The summed E-state index contributed by atoms with van der Waals surface area (Å²) in [5.41, 5.74) is 0.943. The van der Waals surface area contributed by atoms with Crippen LogP contribution in [-0.2, 0) is 11.2 Å². The van der Waals surface area contributed by atoms with Crippen LogP contribution < -0.4 is 5.32 Å². The second-order valence-corrected chi connectivity index (χ2v) is 6.68. The fourth-order valence-corrected chi connectivity index (χ4v) is 2.74. The van der Waals surface area contributed by atoms with Crippen LogP contribution in [0.3, 0.4) is 0 Å². The van der Waals surface area contributed by atoms with Gasteiger partial charge in [0.05, 0.1) is 6.61 Å². The van der Waals surface area contributed by atoms with Gasteiger partial charge in [-0.15, -0.1) is 24.0 Å². The number of likely N-dealkylation sites (N-methyl/N-ethyl adjacent to an activating group) is 1. The molecule has 1 aromatic carbocycles. The van der Waals surface area contributed by atoms with E-state index < -0.39 is 0 Å². The molecule has 1 N–H and O–H groups in total. The topological polar surface area (TPSA) is 50.0 Å². The Bertz CT molecular complexity index is 664. The van der Waals surface area contributed by atoms with E-state index in [2.05, 4.69) is 36.3 Å². The zero-order valence-corrected chi connectivity index (χ0v) is 18.1. The number of guanidine groups is 1. The Morgan fingerprint density at radius 1 is 1.35 bits per heavy atom. The normalized spacial score (nSPS) is 14.3. The minimum Gasteiger partial charge on any atom is -0.461 e. The Hall–Kier alpha value is -1.28. The first kappa shape index (κ1) is 21.0. The average Bonchev–Trinajstić information content (AvgIpc) is 3.35. The van der Waals surface area contributed by atoms with Crippen molar-refractivity contribution in [3.63, 3.8) is 0 Å². The summed E-state index contributed by atoms with van der Waals surface area (Å²) >= 11 is 0. The molecule has 144 valence electrons. The van der Waals surface area contributed by atoms with Gasteiger partial charge in [-0.05, 0) is 37.8 Å². The molecule has 1 aliphatic rings. The van der Waals surface area contributed by atoms with Crippen LogP contribution >= 0.6 is 24.0 Å². The van der Waals surface area contributed by atoms with Gasteiger partial charge in [0, 0.05) is 45.1 Å². The molecular weight excluding hydrogens is 441 g/mol. The lowest BCUT2D eigenvalue weighted by molar-refractivity contribution is 0.115. The Labute approximate surface area is 173 Å². The zero-order valence-electron chi connectivity index (χ0n) is 15.7. The van der Waals surface area contributed by atoms with Gasteiger partial charge in [0.25, 0.3) is 0 Å². The van der Waals surface area contributed by atoms with Crippen molar-refractivity contribution in [2.75, 3.05) is 39.9 Å². The number of furan rings is 1. The molecule has 0 bridgehead atoms. The maximum atomic E-state index is 5.85. The number of nitrogens with one attached hydrogen (secondary N) is 1. The molecule has 26 heavy (non-hydrogen) atoms. The lowest BCUT2D eigenvalue weighted by atomic mass is 10.2. The van der Waals surface area contributed by atoms with E-state index in [1.54, 1.807) is 0 Å². The van der Waals surface area contributed by atoms with Crippen molar-refractivity contribution in [3.05, 3.63) is 36.1 Å². The molecule has 6 heteroatoms. The minimum absolute atomic E-state index is 0. The van der Waals surface area contributed by atoms with Crippen molar-refractivity contribution in [2.24, 2.45) is 10.9 Å². The average molecular weight is 471 g/mol. The fraction of sp³-hybridized carbons (Fsp3) is 0.550. The Kier molecular flexibility index (Phi) is 8.71. The molecule has 2 aromatic rings. The molecule has 0 radical (unpaired) electrons. The number of nitrogens with zero attached hydrogens (tertiary/aromatic N) is 2. The van der Waals surface area contributed by atoms with Crippen LogP contribution in [0.1, 0.15) is 25.5 Å². The zero-order chi connectivity index (χ0) is 17.5. The predicted octanol–water partition coefficient (Wildman–Crippen LogP) is 3.92. The van der Waals surface area contributed by atoms with E-state index in [0.717, 1.165) is 61.3 Å². The summed E-state index contributed by atoms with van der Waals surface area (Å²) < 4.78 is 11.6. The van der Waals surface area contributed by atoms with Crippen LogP contribution in [0.4, 0.5) is 0 Å². The molecular formula is C20H30IN3O2. The monoisotopic (exact) mass is 471 g/mol. The van der Waals surface area contributed by atoms with E-state index in [1.165, 1.54) is 12.8 Å². The second-order valence-electron chi connectivity index (χ2n) is 6.68. The quantitative estimate of drug-likeness (QED) is 0.261. The summed E-state index contributed by atoms with van der Waals surface area (Å²) in [4.78, 5) is 6.85. The third kappa shape index (κ3) is 6.46. The predicted molar refractivity (Wildman–Crippen MR) is 117 cm³/mol. The highest BCUT2D eigenvalue weighted by molar-refractivity contribution is 14.0. The highest BCUT2D eigenvalue weighted by Crippen LogP contribution is 2.28. The third-order valence-electron chi connectivity index (χ3n) is 4.41. The number of benzene rings is 1. The maximum absolute atomic E-state index is 5.85. The molecule has 0 unspecified atom stereocenters. The number of ether oxygens (including phenoxy) is 1. The van der Waals surface area contributed by atoms with Crippen molar-refractivity contribution in [1.29, 1.82) is 0 Å². The van der Waals surface area contributed by atoms with E-state index in [-0.39, 0.29) is 24.0 Å². The fourth-order valence-electron chi connectivity index (χ4n) is 2.74. The van der Waals surface area contributed by atoms with Crippen molar-refractivity contribution in [1.82, 2.24) is 10.2 Å². The highest BCUT2D eigenvalue weighted by Gasteiger charge is 2.21. The number of rotatable bonds is 9. The van der Waals surface area contributed by atoms with Gasteiger partial charge in [0.1, 0.15) is 11.3 Å². The standard InChI is InChI=1S/C20H29N3O2.HI/c1-3-21-20(23(2)12-13-24-15-16-8-9-16)22-11-10-18-14-17-6-4-5-7-19(17)25-18;/h4-7,14,16H,3,8-13,15H2,1-2H3,(H,21,22);1H. The molecule has 1 aromatic heterocycles. The van der Waals surface area contributed by atoms with E-state index in [9.17, 15) is 0 Å². The number of halogens is 1. The Morgan fingerprint density at radius 3 is 2.88 bits per heavy atom. The van der Waals surface area contributed by atoms with Crippen LogP contribution in [0.15, 0.2) is 39.7 Å². The molecule has 5 nitrogen and oxygen atoms in total. The summed E-state index contributed by atoms with van der Waals surface area (Å²) in [6.45, 7) is 6.16. The molecule has 1 saturated carbocycles. The van der Waals surface area contributed by atoms with Gasteiger partial charge >= 0.3 is 0 Å². The first-order valence-electron chi connectivity index (χ1n) is 9.31. The smallest absolute Gasteiger partial charge is 0.193 e. The number of aliphatic imine (C=N–C) groups is 1. The van der Waals surface area contributed by atoms with Crippen LogP contribution in [0.5, 0.6) is 0 Å². The van der Waals surface area contributed by atoms with Crippen molar-refractivity contribution in [3.8, 4) is 0 Å². The summed E-state index contributed by atoms with van der Waals surface area (Å²) in [6, 6.07) is 10.2. The van der Waals surface area contributed by atoms with Crippen molar-refractivity contribution in [2.45, 2.75) is 26.2 Å². The van der Waals surface area contributed by atoms with Gasteiger partial charge in [-0.2, -0.15) is 0 Å². The van der Waals surface area contributed by atoms with Gasteiger partial charge in [0.15, 0.2) is 5.96 Å². The third-order valence-corrected chi connectivity index (χ3v) is 4.41. The summed E-state index contributed by atoms with van der Waals surface area (Å²) in [7, 11) is 2.06. The molecule has 0 aliphatic heterocycles. The largest absolute Gasteiger partial charge is 0.461 e. The molecule has 1 heterocycles. The van der Waals surface area contributed by atoms with E-state index in [4.69, 9.17) is 14.1 Å². The first-order chi connectivity index (χ1) is 12.3. The second kappa shape index (κ2) is 10.8. The summed E-state index contributed by atoms with van der Waals surface area (Å²) in [5, 5.41) is 4.50. The highest BCUT2D eigenvalue weighted by atomic mass is 127. The molecule has 0 amide bonds. The molecule has 0 saturated heterocycles. The minimum atomic E-state index is 0. The van der Waals surface area contributed by atoms with Crippen LogP contribution in [0.25, 0.3) is 11.0 Å². The first-order valence-corrected chi connectivity index (χ1v) is 9.31. The molecule has 0 spiro atoms. The van der Waals surface area contributed by atoms with Gasteiger partial charge < -0.3 is 19.4 Å². The van der Waals surface area contributed by atoms with Crippen LogP contribution in [-0.4, -0.2) is 50.8 Å². The lowest BCUT2D eigenvalue weighted by Crippen LogP contribution is -2.40. The van der Waals surface area contributed by atoms with E-state index in [1.807, 2.05) is 18.2 Å². The summed E-state index contributed by atoms with van der Waals surface area (Å²) in [6.07, 6.45) is 3.47. The van der Waals surface area contributed by atoms with Crippen molar-refractivity contribution >= 4 is 40.9 Å². The number of fused-ring (bicyclic) bond motifs is 1. The molecule has 1 aliphatic carbocycles.